The topological polar surface area (TPSA) is 54.4 Å². The molecule has 1 aromatic carbocycles. The fourth-order valence-electron chi connectivity index (χ4n) is 1.58. The summed E-state index contributed by atoms with van der Waals surface area (Å²) in [5, 5.41) is 9.56. The zero-order valence-electron chi connectivity index (χ0n) is 10.9. The highest BCUT2D eigenvalue weighted by Gasteiger charge is 2.18. The molecule has 0 radical (unpaired) electrons. The maximum Gasteiger partial charge on any atom is 0.178 e. The highest BCUT2D eigenvalue weighted by atomic mass is 79.9. The number of hydrogen-bond acceptors (Lipinski definition) is 3. The van der Waals surface area contributed by atoms with Gasteiger partial charge in [0.2, 0.25) is 0 Å². The van der Waals surface area contributed by atoms with Crippen LogP contribution in [0.15, 0.2) is 27.6 Å². The number of aliphatic hydroxyl groups is 1. The molecule has 102 valence electrons. The van der Waals surface area contributed by atoms with Gasteiger partial charge in [-0.1, -0.05) is 22.0 Å². The Morgan fingerprint density at radius 1 is 1.33 bits per heavy atom. The first kappa shape index (κ1) is 15.7. The minimum atomic E-state index is -3.26. The molecule has 5 heteroatoms. The maximum atomic E-state index is 12.1. The summed E-state index contributed by atoms with van der Waals surface area (Å²) in [4.78, 5) is 0.329. The van der Waals surface area contributed by atoms with Gasteiger partial charge < -0.3 is 5.11 Å². The lowest BCUT2D eigenvalue weighted by Gasteiger charge is -2.16. The van der Waals surface area contributed by atoms with Crippen molar-refractivity contribution in [1.29, 1.82) is 0 Å². The van der Waals surface area contributed by atoms with Crippen LogP contribution in [0.25, 0.3) is 0 Å². The van der Waals surface area contributed by atoms with E-state index in [4.69, 9.17) is 0 Å². The van der Waals surface area contributed by atoms with E-state index in [0.29, 0.717) is 17.7 Å². The zero-order valence-corrected chi connectivity index (χ0v) is 13.3. The van der Waals surface area contributed by atoms with E-state index in [1.165, 1.54) is 0 Å². The fraction of sp³-hybridized carbons (Fsp3) is 0.538. The van der Waals surface area contributed by atoms with Crippen LogP contribution in [-0.4, -0.2) is 24.9 Å². The molecule has 0 spiro atoms. The number of benzene rings is 1. The van der Waals surface area contributed by atoms with E-state index in [0.717, 1.165) is 10.0 Å². The number of rotatable bonds is 5. The number of halogens is 1. The van der Waals surface area contributed by atoms with Gasteiger partial charge in [0.15, 0.2) is 9.84 Å². The van der Waals surface area contributed by atoms with Gasteiger partial charge in [-0.2, -0.15) is 0 Å². The van der Waals surface area contributed by atoms with E-state index in [9.17, 15) is 13.5 Å². The molecule has 0 aliphatic rings. The molecular formula is C13H19BrO3S. The van der Waals surface area contributed by atoms with Gasteiger partial charge >= 0.3 is 0 Å². The highest BCUT2D eigenvalue weighted by Crippen LogP contribution is 2.22. The minimum Gasteiger partial charge on any atom is -0.390 e. The molecule has 1 rings (SSSR count). The Labute approximate surface area is 117 Å². The second-order valence-corrected chi connectivity index (χ2v) is 8.11. The molecule has 0 saturated heterocycles. The largest absolute Gasteiger partial charge is 0.390 e. The number of sulfone groups is 1. The Bertz CT molecular complexity index is 516. The van der Waals surface area contributed by atoms with Crippen molar-refractivity contribution in [2.45, 2.75) is 44.1 Å². The first-order valence-corrected chi connectivity index (χ1v) is 8.28. The summed E-state index contributed by atoms with van der Waals surface area (Å²) in [6.45, 7) is 5.28. The maximum absolute atomic E-state index is 12.1. The summed E-state index contributed by atoms with van der Waals surface area (Å²) in [5.74, 6) is 0.0620. The van der Waals surface area contributed by atoms with E-state index in [1.807, 2.05) is 6.92 Å². The zero-order chi connectivity index (χ0) is 14.0. The molecule has 0 aliphatic carbocycles. The van der Waals surface area contributed by atoms with Crippen molar-refractivity contribution in [3.8, 4) is 0 Å². The Morgan fingerprint density at radius 2 is 1.94 bits per heavy atom. The molecule has 0 heterocycles. The normalized spacial score (nSPS) is 12.7. The second-order valence-electron chi connectivity index (χ2n) is 5.15. The van der Waals surface area contributed by atoms with Crippen LogP contribution in [0.4, 0.5) is 0 Å². The molecule has 0 bridgehead atoms. The molecule has 0 unspecified atom stereocenters. The smallest absolute Gasteiger partial charge is 0.178 e. The van der Waals surface area contributed by atoms with Crippen molar-refractivity contribution in [3.05, 3.63) is 28.2 Å². The summed E-state index contributed by atoms with van der Waals surface area (Å²) in [6.07, 6.45) is 0.927. The Morgan fingerprint density at radius 3 is 2.44 bits per heavy atom. The van der Waals surface area contributed by atoms with Crippen LogP contribution < -0.4 is 0 Å². The molecule has 1 N–H and O–H groups in total. The first-order chi connectivity index (χ1) is 8.12. The van der Waals surface area contributed by atoms with Crippen molar-refractivity contribution >= 4 is 25.8 Å². The predicted molar refractivity (Wildman–Crippen MR) is 76.5 cm³/mol. The third kappa shape index (κ3) is 4.71. The lowest BCUT2D eigenvalue weighted by molar-refractivity contribution is 0.0705. The van der Waals surface area contributed by atoms with Gasteiger partial charge in [0.1, 0.15) is 0 Å². The minimum absolute atomic E-state index is 0.0620. The summed E-state index contributed by atoms with van der Waals surface area (Å²) in [5.41, 5.74) is 0.189. The Kier molecular flexibility index (Phi) is 4.98. The molecule has 0 atom stereocenters. The molecule has 0 saturated carbocycles. The molecular weight excluding hydrogens is 316 g/mol. The summed E-state index contributed by atoms with van der Waals surface area (Å²) >= 11 is 3.33. The van der Waals surface area contributed by atoms with Crippen LogP contribution in [0.3, 0.4) is 0 Å². The highest BCUT2D eigenvalue weighted by molar-refractivity contribution is 9.10. The molecule has 0 aromatic heterocycles. The lowest BCUT2D eigenvalue weighted by atomic mass is 10.0. The van der Waals surface area contributed by atoms with Crippen molar-refractivity contribution in [1.82, 2.24) is 0 Å². The Balaban J connectivity index is 2.77. The third-order valence-electron chi connectivity index (χ3n) is 2.70. The van der Waals surface area contributed by atoms with E-state index in [-0.39, 0.29) is 5.75 Å². The number of hydrogen-bond donors (Lipinski definition) is 1. The quantitative estimate of drug-likeness (QED) is 0.900. The van der Waals surface area contributed by atoms with Crippen LogP contribution >= 0.6 is 15.9 Å². The van der Waals surface area contributed by atoms with Crippen molar-refractivity contribution < 1.29 is 13.5 Å². The van der Waals surface area contributed by atoms with Crippen LogP contribution in [0.5, 0.6) is 0 Å². The predicted octanol–water partition coefficient (Wildman–Crippen LogP) is 3.08. The standard InChI is InChI=1S/C13H19BrO3S/c1-10-5-6-11(9-12(10)14)18(16,17)8-4-7-13(2,3)15/h5-6,9,15H,4,7-8H2,1-3H3. The summed E-state index contributed by atoms with van der Waals surface area (Å²) < 4.78 is 25.0. The van der Waals surface area contributed by atoms with Gasteiger partial charge in [-0.15, -0.1) is 0 Å². The second kappa shape index (κ2) is 5.72. The van der Waals surface area contributed by atoms with Gasteiger partial charge in [0, 0.05) is 4.47 Å². The molecule has 0 amide bonds. The Hall–Kier alpha value is -0.390. The molecule has 1 aromatic rings. The van der Waals surface area contributed by atoms with Gasteiger partial charge in [-0.05, 0) is 51.3 Å². The monoisotopic (exact) mass is 334 g/mol. The van der Waals surface area contributed by atoms with E-state index < -0.39 is 15.4 Å². The van der Waals surface area contributed by atoms with Crippen molar-refractivity contribution in [2.75, 3.05) is 5.75 Å². The van der Waals surface area contributed by atoms with Crippen molar-refractivity contribution in [3.63, 3.8) is 0 Å². The number of aryl methyl sites for hydroxylation is 1. The van der Waals surface area contributed by atoms with Crippen LogP contribution in [-0.2, 0) is 9.84 Å². The summed E-state index contributed by atoms with van der Waals surface area (Å²) in [6, 6.07) is 5.04. The summed E-state index contributed by atoms with van der Waals surface area (Å²) in [7, 11) is -3.26. The molecule has 0 aliphatic heterocycles. The van der Waals surface area contributed by atoms with Crippen LogP contribution in [0, 0.1) is 6.92 Å². The van der Waals surface area contributed by atoms with Gasteiger partial charge in [0.05, 0.1) is 16.2 Å². The van der Waals surface area contributed by atoms with E-state index in [2.05, 4.69) is 15.9 Å². The van der Waals surface area contributed by atoms with Gasteiger partial charge in [-0.3, -0.25) is 0 Å². The SMILES string of the molecule is Cc1ccc(S(=O)(=O)CCCC(C)(C)O)cc1Br. The average molecular weight is 335 g/mol. The fourth-order valence-corrected chi connectivity index (χ4v) is 3.44. The third-order valence-corrected chi connectivity index (χ3v) is 5.36. The van der Waals surface area contributed by atoms with Gasteiger partial charge in [-0.25, -0.2) is 8.42 Å². The van der Waals surface area contributed by atoms with Crippen LogP contribution in [0.1, 0.15) is 32.3 Å². The van der Waals surface area contributed by atoms with Crippen LogP contribution in [0.2, 0.25) is 0 Å². The lowest BCUT2D eigenvalue weighted by Crippen LogP contribution is -2.20. The average Bonchev–Trinajstić information content (AvgIpc) is 2.19. The van der Waals surface area contributed by atoms with E-state index in [1.54, 1.807) is 32.0 Å². The molecule has 18 heavy (non-hydrogen) atoms. The van der Waals surface area contributed by atoms with E-state index >= 15 is 0 Å². The van der Waals surface area contributed by atoms with Crippen molar-refractivity contribution in [2.24, 2.45) is 0 Å². The molecule has 3 nitrogen and oxygen atoms in total. The first-order valence-electron chi connectivity index (χ1n) is 5.83. The van der Waals surface area contributed by atoms with Gasteiger partial charge in [0.25, 0.3) is 0 Å². The molecule has 0 fully saturated rings.